The highest BCUT2D eigenvalue weighted by Gasteiger charge is 2.28. The summed E-state index contributed by atoms with van der Waals surface area (Å²) in [7, 11) is -2.81. The number of nitrogens with one attached hydrogen (secondary N) is 1. The molecule has 2 saturated heterocycles. The largest absolute Gasteiger partial charge is 0.356 e. The third-order valence-corrected chi connectivity index (χ3v) is 6.36. The van der Waals surface area contributed by atoms with Crippen molar-refractivity contribution < 1.29 is 8.42 Å². The zero-order valence-corrected chi connectivity index (χ0v) is 15.0. The molecule has 2 heterocycles. The van der Waals surface area contributed by atoms with Gasteiger partial charge in [-0.05, 0) is 37.0 Å². The van der Waals surface area contributed by atoms with Crippen LogP contribution >= 0.6 is 0 Å². The van der Waals surface area contributed by atoms with Gasteiger partial charge in [-0.1, -0.05) is 20.8 Å². The van der Waals surface area contributed by atoms with Crippen molar-refractivity contribution >= 4 is 15.8 Å². The van der Waals surface area contributed by atoms with Crippen LogP contribution in [0.25, 0.3) is 0 Å². The number of hydrogen-bond acceptors (Lipinski definition) is 3. The van der Waals surface area contributed by atoms with Crippen LogP contribution in [0.1, 0.15) is 40.0 Å². The molecule has 5 nitrogen and oxygen atoms in total. The molecule has 22 heavy (non-hydrogen) atoms. The summed E-state index contributed by atoms with van der Waals surface area (Å²) in [6, 6.07) is 0. The van der Waals surface area contributed by atoms with Gasteiger partial charge in [0.25, 0.3) is 0 Å². The first-order chi connectivity index (χ1) is 10.4. The molecule has 1 N–H and O–H groups in total. The van der Waals surface area contributed by atoms with Gasteiger partial charge in [0, 0.05) is 26.2 Å². The van der Waals surface area contributed by atoms with Crippen molar-refractivity contribution in [2.75, 3.05) is 37.7 Å². The summed E-state index contributed by atoms with van der Waals surface area (Å²) in [6.45, 7) is 10.4. The highest BCUT2D eigenvalue weighted by Crippen LogP contribution is 2.22. The van der Waals surface area contributed by atoms with Crippen molar-refractivity contribution in [3.05, 3.63) is 0 Å². The van der Waals surface area contributed by atoms with Gasteiger partial charge in [0.2, 0.25) is 0 Å². The number of sulfone groups is 1. The van der Waals surface area contributed by atoms with E-state index in [1.165, 1.54) is 6.42 Å². The lowest BCUT2D eigenvalue weighted by molar-refractivity contribution is 0.208. The first-order valence-electron chi connectivity index (χ1n) is 8.63. The Morgan fingerprint density at radius 1 is 1.27 bits per heavy atom. The van der Waals surface area contributed by atoms with Crippen LogP contribution in [0.3, 0.4) is 0 Å². The minimum Gasteiger partial charge on any atom is -0.356 e. The highest BCUT2D eigenvalue weighted by molar-refractivity contribution is 7.91. The van der Waals surface area contributed by atoms with Gasteiger partial charge in [0.05, 0.1) is 11.5 Å². The molecule has 2 aliphatic rings. The lowest BCUT2D eigenvalue weighted by Crippen LogP contribution is -2.48. The Morgan fingerprint density at radius 2 is 1.95 bits per heavy atom. The number of piperidine rings is 1. The summed E-state index contributed by atoms with van der Waals surface area (Å²) >= 11 is 0. The predicted molar refractivity (Wildman–Crippen MR) is 91.9 cm³/mol. The molecule has 128 valence electrons. The molecule has 0 amide bonds. The Morgan fingerprint density at radius 3 is 2.50 bits per heavy atom. The van der Waals surface area contributed by atoms with Gasteiger partial charge in [-0.25, -0.2) is 8.42 Å². The van der Waals surface area contributed by atoms with E-state index in [1.807, 2.05) is 0 Å². The zero-order chi connectivity index (χ0) is 16.2. The number of rotatable bonds is 4. The van der Waals surface area contributed by atoms with Crippen molar-refractivity contribution in [3.63, 3.8) is 0 Å². The normalized spacial score (nSPS) is 32.2. The van der Waals surface area contributed by atoms with Gasteiger partial charge in [0.15, 0.2) is 15.8 Å². The second kappa shape index (κ2) is 7.66. The van der Waals surface area contributed by atoms with E-state index >= 15 is 0 Å². The van der Waals surface area contributed by atoms with Crippen molar-refractivity contribution in [2.45, 2.75) is 40.0 Å². The monoisotopic (exact) mass is 329 g/mol. The Balaban J connectivity index is 2.00. The maximum Gasteiger partial charge on any atom is 0.193 e. The first kappa shape index (κ1) is 17.6. The highest BCUT2D eigenvalue weighted by atomic mass is 32.2. The molecule has 0 saturated carbocycles. The van der Waals surface area contributed by atoms with E-state index in [2.05, 4.69) is 31.0 Å². The summed E-state index contributed by atoms with van der Waals surface area (Å²) in [5.74, 6) is 3.19. The average molecular weight is 330 g/mol. The van der Waals surface area contributed by atoms with Crippen molar-refractivity contribution in [2.24, 2.45) is 22.7 Å². The predicted octanol–water partition coefficient (Wildman–Crippen LogP) is 1.75. The van der Waals surface area contributed by atoms with E-state index < -0.39 is 9.84 Å². The van der Waals surface area contributed by atoms with Gasteiger partial charge in [0.1, 0.15) is 0 Å². The number of nitrogens with zero attached hydrogens (tertiary/aromatic N) is 2. The third kappa shape index (κ3) is 5.14. The molecule has 3 atom stereocenters. The Hall–Kier alpha value is -0.780. The number of guanidine groups is 1. The van der Waals surface area contributed by atoms with Crippen molar-refractivity contribution in [1.82, 2.24) is 10.2 Å². The van der Waals surface area contributed by atoms with Crippen LogP contribution in [-0.4, -0.2) is 57.0 Å². The molecule has 2 fully saturated rings. The van der Waals surface area contributed by atoms with Gasteiger partial charge < -0.3 is 10.2 Å². The standard InChI is InChI=1S/C16H31N3O2S/c1-4-6-17-16(19-10-13(2)8-14(3)11-19)18-9-15-5-7-22(20,21)12-15/h13-15H,4-12H2,1-3H3,(H,17,18). The molecule has 0 aromatic heterocycles. The van der Waals surface area contributed by atoms with E-state index in [-0.39, 0.29) is 5.92 Å². The molecule has 0 spiro atoms. The van der Waals surface area contributed by atoms with E-state index in [9.17, 15) is 8.42 Å². The fourth-order valence-electron chi connectivity index (χ4n) is 3.57. The zero-order valence-electron chi connectivity index (χ0n) is 14.2. The number of aliphatic imine (C=N–C) groups is 1. The van der Waals surface area contributed by atoms with Crippen LogP contribution in [0.15, 0.2) is 4.99 Å². The molecule has 0 bridgehead atoms. The summed E-state index contributed by atoms with van der Waals surface area (Å²) < 4.78 is 23.1. The maximum absolute atomic E-state index is 11.6. The van der Waals surface area contributed by atoms with E-state index in [1.54, 1.807) is 0 Å². The smallest absolute Gasteiger partial charge is 0.193 e. The quantitative estimate of drug-likeness (QED) is 0.630. The second-order valence-corrected chi connectivity index (χ2v) is 9.44. The Kier molecular flexibility index (Phi) is 6.12. The van der Waals surface area contributed by atoms with Gasteiger partial charge in [-0.2, -0.15) is 0 Å². The molecular formula is C16H31N3O2S. The summed E-state index contributed by atoms with van der Waals surface area (Å²) in [6.07, 6.45) is 3.11. The van der Waals surface area contributed by atoms with E-state index in [0.717, 1.165) is 38.4 Å². The van der Waals surface area contributed by atoms with Gasteiger partial charge >= 0.3 is 0 Å². The molecule has 3 unspecified atom stereocenters. The molecule has 0 aromatic carbocycles. The van der Waals surface area contributed by atoms with Crippen molar-refractivity contribution in [1.29, 1.82) is 0 Å². The molecule has 6 heteroatoms. The lowest BCUT2D eigenvalue weighted by Gasteiger charge is -2.37. The van der Waals surface area contributed by atoms with Crippen molar-refractivity contribution in [3.8, 4) is 0 Å². The van der Waals surface area contributed by atoms with Crippen LogP contribution in [0, 0.1) is 17.8 Å². The van der Waals surface area contributed by atoms with Crippen LogP contribution in [0.2, 0.25) is 0 Å². The van der Waals surface area contributed by atoms with E-state index in [0.29, 0.717) is 29.9 Å². The molecule has 0 aromatic rings. The second-order valence-electron chi connectivity index (χ2n) is 7.21. The summed E-state index contributed by atoms with van der Waals surface area (Å²) in [5.41, 5.74) is 0. The average Bonchev–Trinajstić information content (AvgIpc) is 2.77. The maximum atomic E-state index is 11.6. The van der Waals surface area contributed by atoms with Gasteiger partial charge in [-0.15, -0.1) is 0 Å². The molecule has 0 aliphatic carbocycles. The van der Waals surface area contributed by atoms with E-state index in [4.69, 9.17) is 4.99 Å². The molecule has 0 radical (unpaired) electrons. The molecular weight excluding hydrogens is 298 g/mol. The molecule has 2 aliphatic heterocycles. The summed E-state index contributed by atoms with van der Waals surface area (Å²) in [5, 5.41) is 3.45. The summed E-state index contributed by atoms with van der Waals surface area (Å²) in [4.78, 5) is 7.13. The van der Waals surface area contributed by atoms with Crippen LogP contribution < -0.4 is 5.32 Å². The topological polar surface area (TPSA) is 61.8 Å². The first-order valence-corrected chi connectivity index (χ1v) is 10.5. The minimum absolute atomic E-state index is 0.197. The van der Waals surface area contributed by atoms with Crippen LogP contribution in [0.4, 0.5) is 0 Å². The van der Waals surface area contributed by atoms with Crippen LogP contribution in [-0.2, 0) is 9.84 Å². The Labute approximate surface area is 135 Å². The number of likely N-dealkylation sites (tertiary alicyclic amines) is 1. The lowest BCUT2D eigenvalue weighted by atomic mass is 9.92. The fourth-order valence-corrected chi connectivity index (χ4v) is 5.42. The van der Waals surface area contributed by atoms with Crippen LogP contribution in [0.5, 0.6) is 0 Å². The molecule has 2 rings (SSSR count). The fraction of sp³-hybridized carbons (Fsp3) is 0.938. The van der Waals surface area contributed by atoms with Gasteiger partial charge in [-0.3, -0.25) is 4.99 Å². The Bertz CT molecular complexity index is 480. The third-order valence-electron chi connectivity index (χ3n) is 4.53. The SMILES string of the molecule is CCCNC(=NCC1CCS(=O)(=O)C1)N1CC(C)CC(C)C1. The number of hydrogen-bond donors (Lipinski definition) is 1. The minimum atomic E-state index is -2.81.